The SMILES string of the molecule is C[n+]1[nH]oc(=O)c1-c1c(C#N)c(N)nc(SCC(=O)Nc2ccccc2)c1C#N. The van der Waals surface area contributed by atoms with E-state index in [2.05, 4.69) is 15.6 Å². The first kappa shape index (κ1) is 19.7. The van der Waals surface area contributed by atoms with Crippen LogP contribution in [-0.4, -0.2) is 21.9 Å². The van der Waals surface area contributed by atoms with Gasteiger partial charge in [-0.15, -0.1) is 0 Å². The van der Waals surface area contributed by atoms with Gasteiger partial charge in [-0.3, -0.25) is 9.32 Å². The van der Waals surface area contributed by atoms with E-state index >= 15 is 0 Å². The van der Waals surface area contributed by atoms with Crippen LogP contribution in [0.2, 0.25) is 0 Å². The van der Waals surface area contributed by atoms with Crippen LogP contribution in [0.25, 0.3) is 11.3 Å². The fourth-order valence-electron chi connectivity index (χ4n) is 2.60. The van der Waals surface area contributed by atoms with Crippen LogP contribution in [0, 0.1) is 22.7 Å². The van der Waals surface area contributed by atoms with E-state index in [9.17, 15) is 20.1 Å². The largest absolute Gasteiger partial charge is 0.435 e. The molecule has 2 aromatic heterocycles. The highest BCUT2D eigenvalue weighted by atomic mass is 32.2. The lowest BCUT2D eigenvalue weighted by atomic mass is 10.0. The Morgan fingerprint density at radius 3 is 2.59 bits per heavy atom. The number of nitrogen functional groups attached to an aromatic ring is 1. The highest BCUT2D eigenvalue weighted by molar-refractivity contribution is 8.00. The molecule has 0 aliphatic heterocycles. The number of thioether (sulfide) groups is 1. The topological polar surface area (TPSA) is 165 Å². The number of nitrogens with two attached hydrogens (primary N) is 1. The Bertz CT molecular complexity index is 1220. The Morgan fingerprint density at radius 1 is 1.31 bits per heavy atom. The molecule has 3 rings (SSSR count). The zero-order chi connectivity index (χ0) is 21.0. The molecular weight excluding hydrogens is 394 g/mol. The lowest BCUT2D eigenvalue weighted by Gasteiger charge is -2.09. The number of aromatic nitrogens is 3. The molecular formula is C18H14N7O3S+. The summed E-state index contributed by atoms with van der Waals surface area (Å²) in [7, 11) is 1.49. The number of aryl methyl sites for hydroxylation is 1. The van der Waals surface area contributed by atoms with E-state index in [1.54, 1.807) is 24.3 Å². The van der Waals surface area contributed by atoms with Gasteiger partial charge in [0.05, 0.1) is 11.3 Å². The van der Waals surface area contributed by atoms with Gasteiger partial charge >= 0.3 is 11.3 Å². The highest BCUT2D eigenvalue weighted by Gasteiger charge is 2.31. The third kappa shape index (κ3) is 3.95. The molecule has 0 radical (unpaired) electrons. The van der Waals surface area contributed by atoms with Crippen LogP contribution >= 0.6 is 11.8 Å². The monoisotopic (exact) mass is 408 g/mol. The van der Waals surface area contributed by atoms with Gasteiger partial charge in [0.15, 0.2) is 7.05 Å². The van der Waals surface area contributed by atoms with E-state index in [0.717, 1.165) is 11.8 Å². The number of hydrogen-bond donors (Lipinski definition) is 3. The van der Waals surface area contributed by atoms with Crippen molar-refractivity contribution in [1.82, 2.24) is 10.3 Å². The minimum Gasteiger partial charge on any atom is -0.383 e. The van der Waals surface area contributed by atoms with Crippen molar-refractivity contribution in [2.45, 2.75) is 5.03 Å². The van der Waals surface area contributed by atoms with Crippen LogP contribution in [0.1, 0.15) is 11.1 Å². The quantitative estimate of drug-likeness (QED) is 0.414. The summed E-state index contributed by atoms with van der Waals surface area (Å²) in [6.07, 6.45) is 0. The Labute approximate surface area is 168 Å². The van der Waals surface area contributed by atoms with Crippen molar-refractivity contribution in [3.8, 4) is 23.4 Å². The van der Waals surface area contributed by atoms with Crippen molar-refractivity contribution >= 4 is 29.2 Å². The van der Waals surface area contributed by atoms with E-state index in [4.69, 9.17) is 10.3 Å². The van der Waals surface area contributed by atoms with Crippen molar-refractivity contribution in [2.24, 2.45) is 7.05 Å². The Balaban J connectivity index is 1.98. The number of benzene rings is 1. The van der Waals surface area contributed by atoms with Gasteiger partial charge in [-0.25, -0.2) is 9.78 Å². The van der Waals surface area contributed by atoms with Gasteiger partial charge in [-0.2, -0.15) is 10.5 Å². The number of nitriles is 2. The molecule has 0 saturated carbocycles. The van der Waals surface area contributed by atoms with Gasteiger partial charge in [0.2, 0.25) is 5.91 Å². The van der Waals surface area contributed by atoms with E-state index in [0.29, 0.717) is 5.69 Å². The number of aromatic amines is 1. The molecule has 0 unspecified atom stereocenters. The van der Waals surface area contributed by atoms with Gasteiger partial charge in [-0.05, 0) is 17.4 Å². The van der Waals surface area contributed by atoms with Crippen LogP contribution in [0.5, 0.6) is 0 Å². The first-order chi connectivity index (χ1) is 14.0. The predicted octanol–water partition coefficient (Wildman–Crippen LogP) is 0.911. The number of nitrogens with zero attached hydrogens (tertiary/aromatic N) is 4. The summed E-state index contributed by atoms with van der Waals surface area (Å²) in [5.74, 6) is -0.536. The fraction of sp³-hybridized carbons (Fsp3) is 0.111. The first-order valence-corrected chi connectivity index (χ1v) is 9.14. The molecule has 2 heterocycles. The van der Waals surface area contributed by atoms with Gasteiger partial charge in [0.1, 0.15) is 34.1 Å². The average molecular weight is 408 g/mol. The van der Waals surface area contributed by atoms with E-state index in [1.807, 2.05) is 18.2 Å². The summed E-state index contributed by atoms with van der Waals surface area (Å²) < 4.78 is 5.96. The van der Waals surface area contributed by atoms with Gasteiger partial charge in [0, 0.05) is 5.69 Å². The molecule has 0 saturated heterocycles. The maximum Gasteiger partial charge on any atom is 0.435 e. The summed E-state index contributed by atoms with van der Waals surface area (Å²) in [5, 5.41) is 24.3. The smallest absolute Gasteiger partial charge is 0.383 e. The zero-order valence-corrected chi connectivity index (χ0v) is 15.9. The second-order valence-corrected chi connectivity index (χ2v) is 6.71. The molecule has 0 fully saturated rings. The maximum absolute atomic E-state index is 12.2. The highest BCUT2D eigenvalue weighted by Crippen LogP contribution is 2.33. The maximum atomic E-state index is 12.2. The third-order valence-electron chi connectivity index (χ3n) is 3.85. The molecule has 11 heteroatoms. The van der Waals surface area contributed by atoms with Crippen LogP contribution in [0.3, 0.4) is 0 Å². The fourth-order valence-corrected chi connectivity index (χ4v) is 3.40. The van der Waals surface area contributed by atoms with Crippen LogP contribution in [-0.2, 0) is 11.8 Å². The summed E-state index contributed by atoms with van der Waals surface area (Å²) in [4.78, 5) is 28.4. The van der Waals surface area contributed by atoms with E-state index < -0.39 is 5.63 Å². The van der Waals surface area contributed by atoms with Gasteiger partial charge < -0.3 is 11.1 Å². The van der Waals surface area contributed by atoms with E-state index in [1.165, 1.54) is 11.7 Å². The minimum absolute atomic E-state index is 0.00553. The number of carbonyl (C=O) groups excluding carboxylic acids is 1. The molecule has 0 spiro atoms. The summed E-state index contributed by atoms with van der Waals surface area (Å²) >= 11 is 0.968. The number of pyridine rings is 1. The number of carbonyl (C=O) groups is 1. The average Bonchev–Trinajstić information content (AvgIpc) is 3.04. The van der Waals surface area contributed by atoms with Gasteiger partial charge in [-0.1, -0.05) is 34.6 Å². The summed E-state index contributed by atoms with van der Waals surface area (Å²) in [6, 6.07) is 12.7. The van der Waals surface area contributed by atoms with Gasteiger partial charge in [0.25, 0.3) is 0 Å². The molecule has 0 atom stereocenters. The number of para-hydroxylation sites is 1. The molecule has 144 valence electrons. The summed E-state index contributed by atoms with van der Waals surface area (Å²) in [6.45, 7) is 0. The minimum atomic E-state index is -0.774. The number of amides is 1. The van der Waals surface area contributed by atoms with Crippen molar-refractivity contribution in [2.75, 3.05) is 16.8 Å². The molecule has 1 amide bonds. The summed E-state index contributed by atoms with van der Waals surface area (Å²) in [5.41, 5.74) is 5.52. The van der Waals surface area contributed by atoms with Crippen LogP contribution < -0.4 is 21.4 Å². The number of nitrogens with one attached hydrogen (secondary N) is 2. The predicted molar refractivity (Wildman–Crippen MR) is 103 cm³/mol. The van der Waals surface area contributed by atoms with E-state index in [-0.39, 0.29) is 44.9 Å². The lowest BCUT2D eigenvalue weighted by Crippen LogP contribution is -2.34. The standard InChI is InChI=1S/C18H13N7O3S/c1-25-15(18(27)28-24-25)14-11(7-19)16(21)23-17(12(14)8-20)29-9-13(26)22-10-5-3-2-4-6-10/h2-6H,9H2,1H3,(H3-,21,22,23,24,26,27)/p+1. The molecule has 29 heavy (non-hydrogen) atoms. The van der Waals surface area contributed by atoms with Crippen molar-refractivity contribution in [1.29, 1.82) is 10.5 Å². The molecule has 1 aromatic carbocycles. The third-order valence-corrected chi connectivity index (χ3v) is 4.83. The Kier molecular flexibility index (Phi) is 5.62. The Hall–Kier alpha value is -4.09. The normalized spacial score (nSPS) is 10.2. The van der Waals surface area contributed by atoms with Crippen LogP contribution in [0.4, 0.5) is 11.5 Å². The molecule has 0 aliphatic rings. The Morgan fingerprint density at radius 2 is 2.00 bits per heavy atom. The second kappa shape index (κ2) is 8.29. The lowest BCUT2D eigenvalue weighted by molar-refractivity contribution is -0.730. The van der Waals surface area contributed by atoms with Crippen molar-refractivity contribution in [3.05, 3.63) is 51.9 Å². The molecule has 0 aliphatic carbocycles. The van der Waals surface area contributed by atoms with Crippen molar-refractivity contribution < 1.29 is 14.0 Å². The van der Waals surface area contributed by atoms with Crippen molar-refractivity contribution in [3.63, 3.8) is 0 Å². The zero-order valence-electron chi connectivity index (χ0n) is 15.1. The molecule has 10 nitrogen and oxygen atoms in total. The van der Waals surface area contributed by atoms with Crippen LogP contribution in [0.15, 0.2) is 44.7 Å². The molecule has 4 N–H and O–H groups in total. The number of anilines is 2. The number of hydrogen-bond acceptors (Lipinski definition) is 8. The molecule has 3 aromatic rings. The number of H-pyrrole nitrogens is 1. The first-order valence-electron chi connectivity index (χ1n) is 8.15. The second-order valence-electron chi connectivity index (χ2n) is 5.74. The molecule has 0 bridgehead atoms. The number of rotatable bonds is 5.